The molecule has 0 bridgehead atoms. The van der Waals surface area contributed by atoms with Crippen LogP contribution in [0.1, 0.15) is 22.3 Å². The Bertz CT molecular complexity index is 2170. The SMILES string of the molecule is OB(O)c1cncc(-n2c3ccccc3c3ccc4c(c32)-c2ccccc2C42c3ccccc3-c3ccccc32)c1. The molecule has 41 heavy (non-hydrogen) atoms. The summed E-state index contributed by atoms with van der Waals surface area (Å²) in [5.74, 6) is 0. The number of rotatable bonds is 2. The fourth-order valence-corrected chi connectivity index (χ4v) is 7.61. The summed E-state index contributed by atoms with van der Waals surface area (Å²) in [6.45, 7) is 0. The molecule has 9 rings (SSSR count). The third-order valence-electron chi connectivity index (χ3n) is 9.09. The van der Waals surface area contributed by atoms with Gasteiger partial charge >= 0.3 is 7.12 Å². The highest BCUT2D eigenvalue weighted by Gasteiger charge is 2.52. The zero-order valence-electron chi connectivity index (χ0n) is 22.0. The monoisotopic (exact) mass is 526 g/mol. The summed E-state index contributed by atoms with van der Waals surface area (Å²) in [5, 5.41) is 22.3. The standard InChI is InChI=1S/C36H23BN2O2/c40-37(41)22-19-23(21-38-20-22)39-33-16-8-4-11-26(33)27-17-18-32-34(35(27)39)28-12-3-7-15-31(28)36(32)29-13-5-1-9-24(29)25-10-2-6-14-30(25)36/h1-21,40-41H. The minimum Gasteiger partial charge on any atom is -0.423 e. The van der Waals surface area contributed by atoms with Crippen molar-refractivity contribution in [2.75, 3.05) is 0 Å². The van der Waals surface area contributed by atoms with Crippen LogP contribution in [0, 0.1) is 0 Å². The van der Waals surface area contributed by atoms with E-state index in [9.17, 15) is 10.0 Å². The first-order valence-electron chi connectivity index (χ1n) is 13.9. The van der Waals surface area contributed by atoms with Crippen LogP contribution < -0.4 is 5.46 Å². The van der Waals surface area contributed by atoms with E-state index >= 15 is 0 Å². The van der Waals surface area contributed by atoms with Gasteiger partial charge in [0.15, 0.2) is 0 Å². The lowest BCUT2D eigenvalue weighted by molar-refractivity contribution is 0.425. The maximum Gasteiger partial charge on any atom is 0.490 e. The van der Waals surface area contributed by atoms with Gasteiger partial charge in [0, 0.05) is 28.0 Å². The highest BCUT2D eigenvalue weighted by atomic mass is 16.4. The summed E-state index contributed by atoms with van der Waals surface area (Å²) >= 11 is 0. The molecule has 0 unspecified atom stereocenters. The van der Waals surface area contributed by atoms with Crippen molar-refractivity contribution in [3.63, 3.8) is 0 Å². The Morgan fingerprint density at radius 3 is 1.90 bits per heavy atom. The molecule has 0 atom stereocenters. The van der Waals surface area contributed by atoms with Gasteiger partial charge in [-0.3, -0.25) is 4.98 Å². The summed E-state index contributed by atoms with van der Waals surface area (Å²) in [7, 11) is -1.60. The molecule has 0 amide bonds. The molecule has 192 valence electrons. The molecule has 1 spiro atoms. The van der Waals surface area contributed by atoms with Crippen LogP contribution in [0.4, 0.5) is 0 Å². The third-order valence-corrected chi connectivity index (χ3v) is 9.09. The summed E-state index contributed by atoms with van der Waals surface area (Å²) in [6.07, 6.45) is 3.30. The van der Waals surface area contributed by atoms with Gasteiger partial charge in [0.1, 0.15) is 0 Å². The molecular formula is C36H23BN2O2. The minimum atomic E-state index is -1.60. The Kier molecular flexibility index (Phi) is 4.47. The van der Waals surface area contributed by atoms with Crippen LogP contribution in [0.15, 0.2) is 128 Å². The molecule has 0 aliphatic heterocycles. The predicted molar refractivity (Wildman–Crippen MR) is 165 cm³/mol. The second-order valence-electron chi connectivity index (χ2n) is 11.0. The molecule has 7 aromatic rings. The zero-order chi connectivity index (χ0) is 27.3. The van der Waals surface area contributed by atoms with Crippen LogP contribution in [0.5, 0.6) is 0 Å². The average Bonchev–Trinajstić information content (AvgIpc) is 3.63. The first-order valence-corrected chi connectivity index (χ1v) is 13.9. The molecule has 5 heteroatoms. The van der Waals surface area contributed by atoms with Crippen LogP contribution in [-0.2, 0) is 5.41 Å². The number of hydrogen-bond acceptors (Lipinski definition) is 3. The third kappa shape index (κ3) is 2.74. The Hall–Kier alpha value is -4.97. The van der Waals surface area contributed by atoms with Gasteiger partial charge in [-0.05, 0) is 51.1 Å². The van der Waals surface area contributed by atoms with Crippen molar-refractivity contribution < 1.29 is 10.0 Å². The molecule has 0 saturated heterocycles. The second kappa shape index (κ2) is 8.04. The number of aromatic nitrogens is 2. The lowest BCUT2D eigenvalue weighted by atomic mass is 9.70. The van der Waals surface area contributed by atoms with Gasteiger partial charge in [-0.2, -0.15) is 0 Å². The van der Waals surface area contributed by atoms with E-state index in [1.807, 2.05) is 6.07 Å². The lowest BCUT2D eigenvalue weighted by Crippen LogP contribution is -2.30. The first kappa shape index (κ1) is 22.8. The van der Waals surface area contributed by atoms with E-state index in [0.717, 1.165) is 27.5 Å². The van der Waals surface area contributed by atoms with Gasteiger partial charge in [-0.15, -0.1) is 0 Å². The van der Waals surface area contributed by atoms with E-state index in [1.54, 1.807) is 6.20 Å². The van der Waals surface area contributed by atoms with Crippen molar-refractivity contribution in [1.82, 2.24) is 9.55 Å². The first-order chi connectivity index (χ1) is 20.2. The Morgan fingerprint density at radius 1 is 0.585 bits per heavy atom. The van der Waals surface area contributed by atoms with Gasteiger partial charge in [0.05, 0.1) is 28.3 Å². The number of benzene rings is 5. The summed E-state index contributed by atoms with van der Waals surface area (Å²) in [5.41, 5.74) is 13.0. The summed E-state index contributed by atoms with van der Waals surface area (Å²) in [6, 6.07) is 41.3. The summed E-state index contributed by atoms with van der Waals surface area (Å²) in [4.78, 5) is 4.40. The van der Waals surface area contributed by atoms with Crippen molar-refractivity contribution >= 4 is 34.4 Å². The minimum absolute atomic E-state index is 0.358. The molecule has 2 heterocycles. The number of nitrogens with zero attached hydrogens (tertiary/aromatic N) is 2. The van der Waals surface area contributed by atoms with Crippen LogP contribution in [-0.4, -0.2) is 26.7 Å². The lowest BCUT2D eigenvalue weighted by Gasteiger charge is -2.30. The molecule has 2 aliphatic rings. The molecule has 4 nitrogen and oxygen atoms in total. The number of pyridine rings is 1. The van der Waals surface area contributed by atoms with Crippen molar-refractivity contribution in [2.45, 2.75) is 5.41 Å². The molecule has 5 aromatic carbocycles. The highest BCUT2D eigenvalue weighted by molar-refractivity contribution is 6.58. The maximum atomic E-state index is 9.99. The van der Waals surface area contributed by atoms with Gasteiger partial charge in [0.25, 0.3) is 0 Å². The molecule has 2 aliphatic carbocycles. The van der Waals surface area contributed by atoms with Crippen LogP contribution in [0.2, 0.25) is 0 Å². The predicted octanol–water partition coefficient (Wildman–Crippen LogP) is 6.20. The fraction of sp³-hybridized carbons (Fsp3) is 0.0278. The van der Waals surface area contributed by atoms with Crippen molar-refractivity contribution in [3.8, 4) is 27.9 Å². The molecular weight excluding hydrogens is 503 g/mol. The van der Waals surface area contributed by atoms with E-state index in [1.165, 1.54) is 50.7 Å². The number of para-hydroxylation sites is 1. The van der Waals surface area contributed by atoms with Gasteiger partial charge in [-0.25, -0.2) is 0 Å². The van der Waals surface area contributed by atoms with Crippen molar-refractivity contribution in [3.05, 3.63) is 150 Å². The van der Waals surface area contributed by atoms with E-state index in [2.05, 4.69) is 119 Å². The van der Waals surface area contributed by atoms with Gasteiger partial charge < -0.3 is 14.6 Å². The van der Waals surface area contributed by atoms with E-state index in [4.69, 9.17) is 0 Å². The molecule has 2 N–H and O–H groups in total. The van der Waals surface area contributed by atoms with Crippen LogP contribution >= 0.6 is 0 Å². The van der Waals surface area contributed by atoms with Crippen LogP contribution in [0.25, 0.3) is 49.7 Å². The quantitative estimate of drug-likeness (QED) is 0.264. The Labute approximate surface area is 236 Å². The molecule has 2 aromatic heterocycles. The molecule has 0 radical (unpaired) electrons. The summed E-state index contributed by atoms with van der Waals surface area (Å²) < 4.78 is 2.24. The van der Waals surface area contributed by atoms with E-state index in [0.29, 0.717) is 5.46 Å². The fourth-order valence-electron chi connectivity index (χ4n) is 7.61. The largest absolute Gasteiger partial charge is 0.490 e. The van der Waals surface area contributed by atoms with Crippen molar-refractivity contribution in [1.29, 1.82) is 0 Å². The maximum absolute atomic E-state index is 9.99. The zero-order valence-corrected chi connectivity index (χ0v) is 22.0. The smallest absolute Gasteiger partial charge is 0.423 e. The highest BCUT2D eigenvalue weighted by Crippen LogP contribution is 2.64. The van der Waals surface area contributed by atoms with Crippen LogP contribution in [0.3, 0.4) is 0 Å². The van der Waals surface area contributed by atoms with Gasteiger partial charge in [0.2, 0.25) is 0 Å². The topological polar surface area (TPSA) is 58.3 Å². The average molecular weight is 526 g/mol. The van der Waals surface area contributed by atoms with Crippen molar-refractivity contribution in [2.24, 2.45) is 0 Å². The molecule has 0 fully saturated rings. The Balaban J connectivity index is 1.50. The number of hydrogen-bond donors (Lipinski definition) is 2. The van der Waals surface area contributed by atoms with E-state index in [-0.39, 0.29) is 0 Å². The number of fused-ring (bicyclic) bond motifs is 14. The normalized spacial score (nSPS) is 13.8. The Morgan fingerprint density at radius 2 is 1.20 bits per heavy atom. The molecule has 0 saturated carbocycles. The van der Waals surface area contributed by atoms with E-state index < -0.39 is 12.5 Å². The second-order valence-corrected chi connectivity index (χ2v) is 11.0. The van der Waals surface area contributed by atoms with Gasteiger partial charge in [-0.1, -0.05) is 103 Å².